The Morgan fingerprint density at radius 1 is 1.33 bits per heavy atom. The van der Waals surface area contributed by atoms with E-state index in [0.29, 0.717) is 20.2 Å². The Morgan fingerprint density at radius 3 is 2.92 bits per heavy atom. The third-order valence-corrected chi connectivity index (χ3v) is 5.16. The van der Waals surface area contributed by atoms with Crippen LogP contribution >= 0.6 is 23.1 Å². The zero-order valence-electron chi connectivity index (χ0n) is 12.1. The minimum Gasteiger partial charge on any atom is -0.325 e. The maximum absolute atomic E-state index is 13.1. The third-order valence-electron chi connectivity index (χ3n) is 3.00. The smallest absolute Gasteiger partial charge is 0.270 e. The maximum Gasteiger partial charge on any atom is 0.270 e. The first-order valence-corrected chi connectivity index (χ1v) is 8.55. The summed E-state index contributed by atoms with van der Waals surface area (Å²) in [4.78, 5) is 26.5. The number of aromatic nitrogens is 1. The number of hydrogen-bond donors (Lipinski definition) is 1. The van der Waals surface area contributed by atoms with Crippen LogP contribution in [0.5, 0.6) is 0 Å². The van der Waals surface area contributed by atoms with Gasteiger partial charge in [0.25, 0.3) is 5.69 Å². The zero-order valence-corrected chi connectivity index (χ0v) is 13.7. The van der Waals surface area contributed by atoms with Gasteiger partial charge in [-0.2, -0.15) is 0 Å². The molecule has 0 atom stereocenters. The fraction of sp³-hybridized carbons (Fsp3) is 0.0667. The molecule has 0 spiro atoms. The van der Waals surface area contributed by atoms with Gasteiger partial charge in [-0.05, 0) is 24.3 Å². The monoisotopic (exact) mass is 363 g/mol. The number of thiazole rings is 1. The summed E-state index contributed by atoms with van der Waals surface area (Å²) in [5, 5.41) is 13.4. The van der Waals surface area contributed by atoms with E-state index in [1.807, 2.05) is 0 Å². The lowest BCUT2D eigenvalue weighted by atomic mass is 10.3. The molecule has 0 bridgehead atoms. The van der Waals surface area contributed by atoms with Crippen molar-refractivity contribution in [3.8, 4) is 0 Å². The van der Waals surface area contributed by atoms with Gasteiger partial charge in [-0.25, -0.2) is 9.37 Å². The number of nitro benzene ring substituents is 1. The largest absolute Gasteiger partial charge is 0.325 e. The predicted molar refractivity (Wildman–Crippen MR) is 92.0 cm³/mol. The molecule has 3 aromatic rings. The molecule has 0 aliphatic heterocycles. The Bertz CT molecular complexity index is 929. The number of nitro groups is 1. The molecule has 0 saturated carbocycles. The number of hydrogen-bond acceptors (Lipinski definition) is 6. The molecule has 0 aliphatic rings. The summed E-state index contributed by atoms with van der Waals surface area (Å²) < 4.78 is 14.4. The van der Waals surface area contributed by atoms with Gasteiger partial charge in [-0.15, -0.1) is 11.3 Å². The van der Waals surface area contributed by atoms with Crippen molar-refractivity contribution >= 4 is 50.6 Å². The Hall–Kier alpha value is -2.52. The number of fused-ring (bicyclic) bond motifs is 1. The van der Waals surface area contributed by atoms with Crippen molar-refractivity contribution in [1.82, 2.24) is 4.98 Å². The van der Waals surface area contributed by atoms with E-state index in [-0.39, 0.29) is 17.3 Å². The van der Waals surface area contributed by atoms with E-state index < -0.39 is 10.7 Å². The van der Waals surface area contributed by atoms with Gasteiger partial charge >= 0.3 is 0 Å². The van der Waals surface area contributed by atoms with Crippen molar-refractivity contribution in [3.63, 3.8) is 0 Å². The van der Waals surface area contributed by atoms with Crippen molar-refractivity contribution in [2.75, 3.05) is 11.1 Å². The van der Waals surface area contributed by atoms with Gasteiger partial charge in [0.15, 0.2) is 4.34 Å². The number of anilines is 1. The van der Waals surface area contributed by atoms with Crippen LogP contribution in [0, 0.1) is 15.9 Å². The molecule has 0 fully saturated rings. The number of halogens is 1. The van der Waals surface area contributed by atoms with Crippen molar-refractivity contribution in [3.05, 3.63) is 58.4 Å². The molecule has 9 heteroatoms. The molecule has 1 amide bonds. The van der Waals surface area contributed by atoms with E-state index in [0.717, 1.165) is 0 Å². The van der Waals surface area contributed by atoms with Gasteiger partial charge in [-0.3, -0.25) is 14.9 Å². The van der Waals surface area contributed by atoms with Crippen molar-refractivity contribution < 1.29 is 14.1 Å². The first-order chi connectivity index (χ1) is 11.5. The van der Waals surface area contributed by atoms with E-state index >= 15 is 0 Å². The molecule has 0 saturated heterocycles. The summed E-state index contributed by atoms with van der Waals surface area (Å²) in [6.45, 7) is 0. The number of benzene rings is 2. The highest BCUT2D eigenvalue weighted by atomic mass is 32.2. The lowest BCUT2D eigenvalue weighted by Gasteiger charge is -2.03. The summed E-state index contributed by atoms with van der Waals surface area (Å²) in [7, 11) is 0. The summed E-state index contributed by atoms with van der Waals surface area (Å²) in [6, 6.07) is 10.1. The molecular weight excluding hydrogens is 353 g/mol. The number of nitrogens with one attached hydrogen (secondary N) is 1. The molecule has 0 radical (unpaired) electrons. The second-order valence-electron chi connectivity index (χ2n) is 4.74. The van der Waals surface area contributed by atoms with Crippen LogP contribution in [-0.4, -0.2) is 21.6 Å². The molecule has 24 heavy (non-hydrogen) atoms. The topological polar surface area (TPSA) is 85.1 Å². The van der Waals surface area contributed by atoms with Crippen LogP contribution in [0.4, 0.5) is 15.8 Å². The molecule has 122 valence electrons. The highest BCUT2D eigenvalue weighted by Gasteiger charge is 2.12. The van der Waals surface area contributed by atoms with Crippen LogP contribution in [0.25, 0.3) is 10.2 Å². The first kappa shape index (κ1) is 16.3. The normalized spacial score (nSPS) is 10.7. The van der Waals surface area contributed by atoms with Crippen LogP contribution in [0.2, 0.25) is 0 Å². The molecule has 0 unspecified atom stereocenters. The van der Waals surface area contributed by atoms with Crippen molar-refractivity contribution in [1.29, 1.82) is 0 Å². The lowest BCUT2D eigenvalue weighted by molar-refractivity contribution is -0.384. The Balaban J connectivity index is 1.64. The van der Waals surface area contributed by atoms with Gasteiger partial charge in [0.2, 0.25) is 5.91 Å². The van der Waals surface area contributed by atoms with Gasteiger partial charge in [0.1, 0.15) is 5.82 Å². The summed E-state index contributed by atoms with van der Waals surface area (Å²) in [5.41, 5.74) is 1.05. The number of carbonyl (C=O) groups is 1. The lowest BCUT2D eigenvalue weighted by Crippen LogP contribution is -2.13. The van der Waals surface area contributed by atoms with E-state index in [1.54, 1.807) is 12.1 Å². The van der Waals surface area contributed by atoms with Crippen molar-refractivity contribution in [2.24, 2.45) is 0 Å². The molecule has 0 aliphatic carbocycles. The average molecular weight is 363 g/mol. The Morgan fingerprint density at radius 2 is 2.17 bits per heavy atom. The van der Waals surface area contributed by atoms with E-state index in [2.05, 4.69) is 10.3 Å². The van der Waals surface area contributed by atoms with E-state index in [9.17, 15) is 19.3 Å². The fourth-order valence-electron chi connectivity index (χ4n) is 1.96. The average Bonchev–Trinajstić information content (AvgIpc) is 2.95. The number of thioether (sulfide) groups is 1. The highest BCUT2D eigenvalue weighted by molar-refractivity contribution is 8.01. The van der Waals surface area contributed by atoms with E-state index in [1.165, 1.54) is 53.4 Å². The number of amides is 1. The number of rotatable bonds is 5. The molecule has 6 nitrogen and oxygen atoms in total. The van der Waals surface area contributed by atoms with E-state index in [4.69, 9.17) is 0 Å². The summed E-state index contributed by atoms with van der Waals surface area (Å²) in [6.07, 6.45) is 0. The summed E-state index contributed by atoms with van der Waals surface area (Å²) >= 11 is 2.51. The molecule has 2 aromatic carbocycles. The second kappa shape index (κ2) is 6.93. The fourth-order valence-corrected chi connectivity index (χ4v) is 3.86. The SMILES string of the molecule is O=C(CSc1nc2ccc([N+](=O)[O-])cc2s1)Nc1cccc(F)c1. The van der Waals surface area contributed by atoms with Crippen LogP contribution in [-0.2, 0) is 4.79 Å². The minimum absolute atomic E-state index is 0.00606. The summed E-state index contributed by atoms with van der Waals surface area (Å²) in [5.74, 6) is -0.595. The Kier molecular flexibility index (Phi) is 4.72. The van der Waals surface area contributed by atoms with Gasteiger partial charge in [0.05, 0.1) is 20.9 Å². The van der Waals surface area contributed by atoms with Crippen LogP contribution in [0.15, 0.2) is 46.8 Å². The number of non-ortho nitro benzene ring substituents is 1. The molecular formula is C15H10FN3O3S2. The van der Waals surface area contributed by atoms with Gasteiger partial charge in [0, 0.05) is 17.8 Å². The van der Waals surface area contributed by atoms with Gasteiger partial charge in [-0.1, -0.05) is 17.8 Å². The predicted octanol–water partition coefficient (Wildman–Crippen LogP) is 4.07. The standard InChI is InChI=1S/C15H10FN3O3S2/c16-9-2-1-3-10(6-9)17-14(20)8-23-15-18-12-5-4-11(19(21)22)7-13(12)24-15/h1-7H,8H2,(H,17,20). The number of nitrogens with zero attached hydrogens (tertiary/aromatic N) is 2. The molecule has 1 heterocycles. The highest BCUT2D eigenvalue weighted by Crippen LogP contribution is 2.31. The van der Waals surface area contributed by atoms with Crippen LogP contribution in [0.1, 0.15) is 0 Å². The van der Waals surface area contributed by atoms with Crippen molar-refractivity contribution in [2.45, 2.75) is 4.34 Å². The van der Waals surface area contributed by atoms with Gasteiger partial charge < -0.3 is 5.32 Å². The molecule has 3 rings (SSSR count). The zero-order chi connectivity index (χ0) is 17.1. The quantitative estimate of drug-likeness (QED) is 0.419. The Labute approximate surface area is 143 Å². The molecule has 1 aromatic heterocycles. The maximum atomic E-state index is 13.1. The molecule has 1 N–H and O–H groups in total. The van der Waals surface area contributed by atoms with Crippen LogP contribution < -0.4 is 5.32 Å². The van der Waals surface area contributed by atoms with Crippen LogP contribution in [0.3, 0.4) is 0 Å². The first-order valence-electron chi connectivity index (χ1n) is 6.74. The minimum atomic E-state index is -0.460. The third kappa shape index (κ3) is 3.87. The number of carbonyl (C=O) groups excluding carboxylic acids is 1. The second-order valence-corrected chi connectivity index (χ2v) is 6.99.